The maximum atomic E-state index is 11.1. The van der Waals surface area contributed by atoms with Crippen LogP contribution in [0.1, 0.15) is 5.56 Å². The number of hydrogen-bond donors (Lipinski definition) is 1. The molecule has 1 aromatic heterocycles. The summed E-state index contributed by atoms with van der Waals surface area (Å²) in [5.74, 6) is 1.70. The standard InChI is InChI=1S/C13H7Cl2NO2.ClH/c14-12-9(4-5-11(18)13(12)15)10(8-17)16-6-2-1-3-7-16;/h1-7H;1H. The van der Waals surface area contributed by atoms with E-state index in [1.807, 2.05) is 12.0 Å². The zero-order valence-corrected chi connectivity index (χ0v) is 11.7. The molecule has 0 spiro atoms. The van der Waals surface area contributed by atoms with Crippen LogP contribution in [0, 0.1) is 0 Å². The van der Waals surface area contributed by atoms with Crippen LogP contribution >= 0.6 is 23.2 Å². The number of aromatic hydroxyl groups is 1. The molecule has 0 aliphatic rings. The number of aromatic nitrogens is 1. The summed E-state index contributed by atoms with van der Waals surface area (Å²) < 4.78 is 1.57. The normalized spacial score (nSPS) is 9.37. The Labute approximate surface area is 126 Å². The Hall–Kier alpha value is -1.51. The molecular weight excluding hydrogens is 309 g/mol. The number of phenols is 1. The minimum absolute atomic E-state index is 0. The highest BCUT2D eigenvalue weighted by molar-refractivity contribution is 6.44. The van der Waals surface area contributed by atoms with E-state index in [9.17, 15) is 9.90 Å². The first-order valence-electron chi connectivity index (χ1n) is 5.04. The fourth-order valence-corrected chi connectivity index (χ4v) is 1.93. The van der Waals surface area contributed by atoms with Gasteiger partial charge in [-0.1, -0.05) is 29.3 Å². The van der Waals surface area contributed by atoms with Crippen LogP contribution in [-0.2, 0) is 4.79 Å². The largest absolute Gasteiger partial charge is 1.00 e. The molecule has 0 amide bonds. The van der Waals surface area contributed by atoms with E-state index in [0.717, 1.165) is 0 Å². The smallest absolute Gasteiger partial charge is 0.303 e. The summed E-state index contributed by atoms with van der Waals surface area (Å²) in [5.41, 5.74) is 0.633. The van der Waals surface area contributed by atoms with Gasteiger partial charge in [-0.15, -0.1) is 0 Å². The molecule has 0 aliphatic carbocycles. The molecule has 0 unspecified atom stereocenters. The number of hydrogen-bond acceptors (Lipinski definition) is 2. The third kappa shape index (κ3) is 3.09. The molecule has 1 aromatic carbocycles. The summed E-state index contributed by atoms with van der Waals surface area (Å²) in [6.45, 7) is 0. The highest BCUT2D eigenvalue weighted by Crippen LogP contribution is 2.35. The van der Waals surface area contributed by atoms with Gasteiger partial charge in [0.05, 0.1) is 10.6 Å². The first kappa shape index (κ1) is 15.5. The van der Waals surface area contributed by atoms with Gasteiger partial charge in [0.25, 0.3) is 0 Å². The fraction of sp³-hybridized carbons (Fsp3) is 0. The highest BCUT2D eigenvalue weighted by atomic mass is 35.5. The molecule has 19 heavy (non-hydrogen) atoms. The lowest BCUT2D eigenvalue weighted by Gasteiger charge is -2.04. The van der Waals surface area contributed by atoms with E-state index in [1.165, 1.54) is 12.1 Å². The second-order valence-electron chi connectivity index (χ2n) is 3.49. The quantitative estimate of drug-likeness (QED) is 0.611. The third-order valence-corrected chi connectivity index (χ3v) is 3.26. The molecule has 0 saturated heterocycles. The van der Waals surface area contributed by atoms with Gasteiger partial charge in [-0.2, -0.15) is 4.57 Å². The van der Waals surface area contributed by atoms with Gasteiger partial charge in [0, 0.05) is 12.1 Å². The summed E-state index contributed by atoms with van der Waals surface area (Å²) in [4.78, 5) is 11.1. The second-order valence-corrected chi connectivity index (χ2v) is 4.25. The summed E-state index contributed by atoms with van der Waals surface area (Å²) in [5, 5.41) is 9.55. The first-order valence-corrected chi connectivity index (χ1v) is 5.80. The molecule has 98 valence electrons. The molecule has 0 radical (unpaired) electrons. The number of pyridine rings is 1. The van der Waals surface area contributed by atoms with E-state index in [-0.39, 0.29) is 33.9 Å². The minimum Gasteiger partial charge on any atom is -1.00 e. The highest BCUT2D eigenvalue weighted by Gasteiger charge is 2.20. The second kappa shape index (κ2) is 6.60. The van der Waals surface area contributed by atoms with E-state index in [0.29, 0.717) is 5.56 Å². The van der Waals surface area contributed by atoms with Crippen LogP contribution in [0.4, 0.5) is 0 Å². The zero-order valence-electron chi connectivity index (χ0n) is 9.48. The molecule has 1 N–H and O–H groups in total. The van der Waals surface area contributed by atoms with Crippen LogP contribution in [0.25, 0.3) is 5.70 Å². The van der Waals surface area contributed by atoms with E-state index in [1.54, 1.807) is 29.1 Å². The van der Waals surface area contributed by atoms with Crippen molar-refractivity contribution in [3.8, 4) is 5.75 Å². The van der Waals surface area contributed by atoms with Gasteiger partial charge in [-0.25, -0.2) is 4.79 Å². The van der Waals surface area contributed by atoms with Gasteiger partial charge < -0.3 is 17.5 Å². The lowest BCUT2D eigenvalue weighted by molar-refractivity contribution is -0.577. The maximum Gasteiger partial charge on any atom is 0.303 e. The number of nitrogens with zero attached hydrogens (tertiary/aromatic N) is 1. The molecule has 3 nitrogen and oxygen atoms in total. The minimum atomic E-state index is -0.131. The fourth-order valence-electron chi connectivity index (χ4n) is 1.52. The molecule has 0 atom stereocenters. The SMILES string of the molecule is O=C=C(c1ccc(O)c(Cl)c1Cl)[n+]1ccccc1.[Cl-]. The summed E-state index contributed by atoms with van der Waals surface area (Å²) in [6, 6.07) is 8.26. The third-order valence-electron chi connectivity index (χ3n) is 2.39. The van der Waals surface area contributed by atoms with Gasteiger partial charge in [0.15, 0.2) is 12.4 Å². The maximum absolute atomic E-state index is 11.1. The van der Waals surface area contributed by atoms with Gasteiger partial charge in [0.2, 0.25) is 5.94 Å². The van der Waals surface area contributed by atoms with Crippen molar-refractivity contribution in [2.24, 2.45) is 0 Å². The van der Waals surface area contributed by atoms with E-state index < -0.39 is 0 Å². The number of phenolic OH excluding ortho intramolecular Hbond substituents is 1. The monoisotopic (exact) mass is 315 g/mol. The van der Waals surface area contributed by atoms with Crippen LogP contribution in [0.15, 0.2) is 42.7 Å². The Morgan fingerprint density at radius 1 is 1.11 bits per heavy atom. The Balaban J connectivity index is 0.00000180. The Bertz CT molecular complexity index is 638. The van der Waals surface area contributed by atoms with Crippen molar-refractivity contribution in [2.45, 2.75) is 0 Å². The van der Waals surface area contributed by atoms with Gasteiger partial charge in [-0.3, -0.25) is 0 Å². The molecular formula is C13H8Cl3NO2. The molecule has 0 saturated carbocycles. The van der Waals surface area contributed by atoms with Crippen molar-refractivity contribution in [3.05, 3.63) is 58.3 Å². The zero-order chi connectivity index (χ0) is 13.1. The van der Waals surface area contributed by atoms with Crippen LogP contribution in [0.2, 0.25) is 10.0 Å². The van der Waals surface area contributed by atoms with Gasteiger partial charge in [-0.05, 0) is 12.1 Å². The average Bonchev–Trinajstić information content (AvgIpc) is 2.41. The molecule has 2 rings (SSSR count). The summed E-state index contributed by atoms with van der Waals surface area (Å²) in [6.07, 6.45) is 3.38. The number of benzene rings is 1. The van der Waals surface area contributed by atoms with Crippen molar-refractivity contribution in [2.75, 3.05) is 0 Å². The molecule has 6 heteroatoms. The lowest BCUT2D eigenvalue weighted by Crippen LogP contribution is -3.00. The van der Waals surface area contributed by atoms with Crippen molar-refractivity contribution in [1.82, 2.24) is 0 Å². The molecule has 0 bridgehead atoms. The summed E-state index contributed by atoms with van der Waals surface area (Å²) >= 11 is 11.9. The van der Waals surface area contributed by atoms with E-state index in [2.05, 4.69) is 0 Å². The Kier molecular flexibility index (Phi) is 5.40. The molecule has 0 fully saturated rings. The lowest BCUT2D eigenvalue weighted by atomic mass is 10.1. The first-order chi connectivity index (χ1) is 8.65. The van der Waals surface area contributed by atoms with Crippen LogP contribution in [0.3, 0.4) is 0 Å². The van der Waals surface area contributed by atoms with Crippen LogP contribution in [-0.4, -0.2) is 11.0 Å². The predicted molar refractivity (Wildman–Crippen MR) is 69.3 cm³/mol. The van der Waals surface area contributed by atoms with Gasteiger partial charge >= 0.3 is 5.70 Å². The van der Waals surface area contributed by atoms with Crippen LogP contribution < -0.4 is 17.0 Å². The van der Waals surface area contributed by atoms with Crippen molar-refractivity contribution in [3.63, 3.8) is 0 Å². The Morgan fingerprint density at radius 2 is 1.74 bits per heavy atom. The summed E-state index contributed by atoms with van der Waals surface area (Å²) in [7, 11) is 0. The van der Waals surface area contributed by atoms with Crippen molar-refractivity contribution < 1.29 is 26.9 Å². The average molecular weight is 317 g/mol. The number of halogens is 3. The van der Waals surface area contributed by atoms with Crippen LogP contribution in [0.5, 0.6) is 5.75 Å². The number of rotatable bonds is 2. The van der Waals surface area contributed by atoms with E-state index in [4.69, 9.17) is 23.2 Å². The van der Waals surface area contributed by atoms with Gasteiger partial charge in [0.1, 0.15) is 10.8 Å². The van der Waals surface area contributed by atoms with Crippen molar-refractivity contribution >= 4 is 34.8 Å². The van der Waals surface area contributed by atoms with E-state index >= 15 is 0 Å². The number of carbonyl (C=O) groups excluding carboxylic acids is 1. The van der Waals surface area contributed by atoms with Crippen molar-refractivity contribution in [1.29, 1.82) is 0 Å². The molecule has 2 aromatic rings. The Morgan fingerprint density at radius 3 is 2.32 bits per heavy atom. The molecule has 0 aliphatic heterocycles. The molecule has 1 heterocycles. The predicted octanol–water partition coefficient (Wildman–Crippen LogP) is -0.289. The topological polar surface area (TPSA) is 41.2 Å².